The number of hydrogen-bond donors (Lipinski definition) is 1. The standard InChI is InChI=1S/C47H44N4O2/c1-6-25-50(26-7-2)45-33-20-13-10-17-30(33)39(31-18-11-14-21-34(31)45)43-42(37(29-48)49-5)44(47(43)53)41-32-19-12-15-22-35(32)46(51(27-8-3)28-9-4)36-23-16-24-38(52)40(36)41/h10-24H,6-9,25-28H2,1-4H3,(H-,52,53)/b42-37+. The molecule has 53 heavy (non-hydrogen) atoms. The van der Waals surface area contributed by atoms with Crippen molar-refractivity contribution in [2.75, 3.05) is 31.1 Å². The topological polar surface area (TPSA) is 77.7 Å². The highest BCUT2D eigenvalue weighted by molar-refractivity contribution is 6.25. The SMILES string of the molecule is [C-]#[N+]/C(C#N)=C1\C(=C2c3ccccc3C(=[N+](CCC)CCC)c3ccccc32)C([O-])=C1c1c2ccccc2c(N(CCC)CCC)c2cccc(O)c12. The van der Waals surface area contributed by atoms with Gasteiger partial charge in [-0.3, -0.25) is 0 Å². The molecule has 5 aromatic carbocycles. The fraction of sp³-hybridized carbons (Fsp3) is 0.255. The first-order valence-corrected chi connectivity index (χ1v) is 18.9. The number of phenols is 1. The maximum atomic E-state index is 15.2. The molecule has 5 aromatic rings. The van der Waals surface area contributed by atoms with E-state index in [1.165, 1.54) is 0 Å². The van der Waals surface area contributed by atoms with Gasteiger partial charge in [-0.2, -0.15) is 0 Å². The normalized spacial score (nSPS) is 14.4. The molecular weight excluding hydrogens is 653 g/mol. The van der Waals surface area contributed by atoms with E-state index >= 15 is 5.11 Å². The van der Waals surface area contributed by atoms with E-state index in [1.807, 2.05) is 54.6 Å². The fourth-order valence-corrected chi connectivity index (χ4v) is 8.52. The first-order valence-electron chi connectivity index (χ1n) is 18.9. The molecule has 0 saturated heterocycles. The molecule has 0 aromatic heterocycles. The second-order valence-corrected chi connectivity index (χ2v) is 13.8. The summed E-state index contributed by atoms with van der Waals surface area (Å²) in [5.41, 5.74) is 8.20. The van der Waals surface area contributed by atoms with Crippen LogP contribution in [0.1, 0.15) is 81.2 Å². The number of hydrogen-bond acceptors (Lipinski definition) is 4. The van der Waals surface area contributed by atoms with E-state index in [0.717, 1.165) is 107 Å². The van der Waals surface area contributed by atoms with Gasteiger partial charge in [0.2, 0.25) is 5.71 Å². The van der Waals surface area contributed by atoms with Crippen LogP contribution in [-0.4, -0.2) is 41.6 Å². The highest BCUT2D eigenvalue weighted by atomic mass is 16.3. The molecule has 2 aliphatic carbocycles. The van der Waals surface area contributed by atoms with Crippen LogP contribution in [0.15, 0.2) is 114 Å². The van der Waals surface area contributed by atoms with Crippen molar-refractivity contribution < 1.29 is 14.8 Å². The van der Waals surface area contributed by atoms with Gasteiger partial charge < -0.3 is 15.1 Å². The molecule has 0 atom stereocenters. The summed E-state index contributed by atoms with van der Waals surface area (Å²) < 4.78 is 2.44. The molecule has 0 spiro atoms. The predicted molar refractivity (Wildman–Crippen MR) is 215 cm³/mol. The Bertz CT molecular complexity index is 2420. The average Bonchev–Trinajstić information content (AvgIpc) is 3.18. The van der Waals surface area contributed by atoms with Crippen molar-refractivity contribution in [1.82, 2.24) is 0 Å². The van der Waals surface area contributed by atoms with Crippen molar-refractivity contribution in [1.29, 1.82) is 5.26 Å². The molecular formula is C47H44N4O2. The van der Waals surface area contributed by atoms with Crippen LogP contribution in [0.25, 0.3) is 37.5 Å². The van der Waals surface area contributed by atoms with E-state index in [0.29, 0.717) is 27.7 Å². The van der Waals surface area contributed by atoms with Crippen molar-refractivity contribution in [2.45, 2.75) is 53.4 Å². The van der Waals surface area contributed by atoms with E-state index in [1.54, 1.807) is 6.07 Å². The number of fused-ring (bicyclic) bond motifs is 4. The second-order valence-electron chi connectivity index (χ2n) is 13.8. The number of nitrogens with zero attached hydrogens (tertiary/aromatic N) is 4. The van der Waals surface area contributed by atoms with Gasteiger partial charge in [-0.1, -0.05) is 106 Å². The van der Waals surface area contributed by atoms with E-state index in [4.69, 9.17) is 6.57 Å². The largest absolute Gasteiger partial charge is 0.872 e. The van der Waals surface area contributed by atoms with Gasteiger partial charge in [0.25, 0.3) is 5.70 Å². The number of benzene rings is 5. The molecule has 0 amide bonds. The summed E-state index contributed by atoms with van der Waals surface area (Å²) in [7, 11) is 0. The molecule has 0 aliphatic heterocycles. The van der Waals surface area contributed by atoms with Gasteiger partial charge in [0, 0.05) is 47.7 Å². The van der Waals surface area contributed by atoms with Crippen LogP contribution in [0.5, 0.6) is 5.75 Å². The lowest BCUT2D eigenvalue weighted by Crippen LogP contribution is -2.31. The Hall–Kier alpha value is -6.11. The minimum absolute atomic E-state index is 0.0547. The van der Waals surface area contributed by atoms with Crippen molar-refractivity contribution in [3.05, 3.63) is 153 Å². The summed E-state index contributed by atoms with van der Waals surface area (Å²) >= 11 is 0. The summed E-state index contributed by atoms with van der Waals surface area (Å²) in [6, 6.07) is 32.1. The summed E-state index contributed by atoms with van der Waals surface area (Å²) in [5, 5.41) is 40.6. The first kappa shape index (κ1) is 35.3. The lowest BCUT2D eigenvalue weighted by Gasteiger charge is -2.41. The Labute approximate surface area is 312 Å². The molecule has 7 rings (SSSR count). The van der Waals surface area contributed by atoms with Crippen LogP contribution in [0, 0.1) is 17.9 Å². The summed E-state index contributed by atoms with van der Waals surface area (Å²) in [6.07, 6.45) is 3.88. The molecule has 0 heterocycles. The maximum Gasteiger partial charge on any atom is 0.270 e. The Morgan fingerprint density at radius 1 is 0.717 bits per heavy atom. The summed E-state index contributed by atoms with van der Waals surface area (Å²) in [6.45, 7) is 20.4. The van der Waals surface area contributed by atoms with Gasteiger partial charge in [0.15, 0.2) is 0 Å². The highest BCUT2D eigenvalue weighted by Gasteiger charge is 2.39. The van der Waals surface area contributed by atoms with Gasteiger partial charge in [-0.05, 0) is 69.8 Å². The van der Waals surface area contributed by atoms with Crippen LogP contribution in [-0.2, 0) is 0 Å². The number of aromatic hydroxyl groups is 1. The fourth-order valence-electron chi connectivity index (χ4n) is 8.52. The molecule has 0 unspecified atom stereocenters. The third kappa shape index (κ3) is 5.67. The molecule has 6 heteroatoms. The molecule has 0 saturated carbocycles. The lowest BCUT2D eigenvalue weighted by atomic mass is 9.69. The van der Waals surface area contributed by atoms with Crippen molar-refractivity contribution in [3.63, 3.8) is 0 Å². The Balaban J connectivity index is 1.64. The number of rotatable bonds is 10. The van der Waals surface area contributed by atoms with Crippen LogP contribution < -0.4 is 10.0 Å². The zero-order chi connectivity index (χ0) is 37.2. The number of anilines is 1. The van der Waals surface area contributed by atoms with Gasteiger partial charge >= 0.3 is 0 Å². The predicted octanol–water partition coefficient (Wildman–Crippen LogP) is 9.59. The molecule has 264 valence electrons. The Morgan fingerprint density at radius 3 is 1.81 bits per heavy atom. The minimum Gasteiger partial charge on any atom is -0.872 e. The average molecular weight is 697 g/mol. The first-order chi connectivity index (χ1) is 25.9. The monoisotopic (exact) mass is 696 g/mol. The van der Waals surface area contributed by atoms with E-state index in [-0.39, 0.29) is 17.2 Å². The van der Waals surface area contributed by atoms with Crippen LogP contribution in [0.4, 0.5) is 5.69 Å². The molecule has 6 nitrogen and oxygen atoms in total. The third-order valence-electron chi connectivity index (χ3n) is 10.4. The van der Waals surface area contributed by atoms with Gasteiger partial charge in [0.05, 0.1) is 29.5 Å². The van der Waals surface area contributed by atoms with Crippen molar-refractivity contribution in [2.24, 2.45) is 0 Å². The molecule has 1 N–H and O–H groups in total. The third-order valence-corrected chi connectivity index (χ3v) is 10.4. The minimum atomic E-state index is -0.236. The smallest absolute Gasteiger partial charge is 0.270 e. The zero-order valence-electron chi connectivity index (χ0n) is 31.0. The quantitative estimate of drug-likeness (QED) is 0.0670. The van der Waals surface area contributed by atoms with E-state index in [9.17, 15) is 10.4 Å². The van der Waals surface area contributed by atoms with Crippen LogP contribution >= 0.6 is 0 Å². The number of phenolic OH excluding ortho intramolecular Hbond substituents is 1. The summed E-state index contributed by atoms with van der Waals surface area (Å²) in [4.78, 5) is 6.11. The molecule has 0 bridgehead atoms. The zero-order valence-corrected chi connectivity index (χ0v) is 31.0. The molecule has 0 radical (unpaired) electrons. The Morgan fingerprint density at radius 2 is 1.26 bits per heavy atom. The lowest BCUT2D eigenvalue weighted by molar-refractivity contribution is -0.527. The van der Waals surface area contributed by atoms with Crippen LogP contribution in [0.3, 0.4) is 0 Å². The van der Waals surface area contributed by atoms with Crippen molar-refractivity contribution >= 4 is 44.1 Å². The van der Waals surface area contributed by atoms with E-state index < -0.39 is 0 Å². The van der Waals surface area contributed by atoms with Gasteiger partial charge in [-0.25, -0.2) is 14.7 Å². The number of allylic oxidation sites excluding steroid dienone is 3. The van der Waals surface area contributed by atoms with E-state index in [2.05, 4.69) is 78.4 Å². The maximum absolute atomic E-state index is 15.2. The second kappa shape index (κ2) is 14.9. The highest BCUT2D eigenvalue weighted by Crippen LogP contribution is 2.56. The van der Waals surface area contributed by atoms with Gasteiger partial charge in [0.1, 0.15) is 18.8 Å². The summed E-state index contributed by atoms with van der Waals surface area (Å²) in [5.74, 6) is -0.182. The van der Waals surface area contributed by atoms with Gasteiger partial charge in [-0.15, -0.1) is 0 Å². The Kier molecular flexibility index (Phi) is 9.90. The van der Waals surface area contributed by atoms with Crippen LogP contribution in [0.2, 0.25) is 0 Å². The number of nitriles is 1. The molecule has 0 fully saturated rings. The van der Waals surface area contributed by atoms with Crippen molar-refractivity contribution in [3.8, 4) is 11.8 Å². The molecule has 2 aliphatic rings.